The van der Waals surface area contributed by atoms with Gasteiger partial charge in [-0.05, 0) is 31.5 Å². The zero-order valence-corrected chi connectivity index (χ0v) is 10.3. The third-order valence-electron chi connectivity index (χ3n) is 2.53. The molecule has 0 unspecified atom stereocenters. The van der Waals surface area contributed by atoms with Crippen molar-refractivity contribution in [3.05, 3.63) is 28.4 Å². The molecule has 0 aliphatic heterocycles. The number of carbonyl (C=O) groups is 1. The summed E-state index contributed by atoms with van der Waals surface area (Å²) in [5.41, 5.74) is 1.56. The highest BCUT2D eigenvalue weighted by Crippen LogP contribution is 2.34. The number of nitrogens with one attached hydrogen (secondary N) is 1. The van der Waals surface area contributed by atoms with E-state index in [9.17, 15) is 4.79 Å². The van der Waals surface area contributed by atoms with Crippen molar-refractivity contribution in [2.75, 3.05) is 6.61 Å². The lowest BCUT2D eigenvalue weighted by atomic mass is 10.1. The third kappa shape index (κ3) is 1.96. The maximum absolute atomic E-state index is 10.9. The molecule has 4 nitrogen and oxygen atoms in total. The van der Waals surface area contributed by atoms with Crippen LogP contribution < -0.4 is 4.74 Å². The summed E-state index contributed by atoms with van der Waals surface area (Å²) in [5, 5.41) is 10.2. The first kappa shape index (κ1) is 11.8. The van der Waals surface area contributed by atoms with Crippen LogP contribution in [0.1, 0.15) is 23.0 Å². The largest absolute Gasteiger partial charge is 0.493 e. The first-order chi connectivity index (χ1) is 8.04. The molecule has 90 valence electrons. The third-order valence-corrected chi connectivity index (χ3v) is 3.01. The van der Waals surface area contributed by atoms with Gasteiger partial charge in [-0.25, -0.2) is 4.79 Å². The quantitative estimate of drug-likeness (QED) is 0.883. The number of carboxylic acids is 1. The van der Waals surface area contributed by atoms with Gasteiger partial charge in [0.15, 0.2) is 0 Å². The van der Waals surface area contributed by atoms with E-state index >= 15 is 0 Å². The van der Waals surface area contributed by atoms with Gasteiger partial charge in [-0.2, -0.15) is 0 Å². The van der Waals surface area contributed by atoms with Crippen LogP contribution in [0.15, 0.2) is 12.1 Å². The lowest BCUT2D eigenvalue weighted by molar-refractivity contribution is 0.0691. The molecule has 0 radical (unpaired) electrons. The average molecular weight is 254 g/mol. The van der Waals surface area contributed by atoms with Gasteiger partial charge in [0.25, 0.3) is 0 Å². The molecule has 2 N–H and O–H groups in total. The number of fused-ring (bicyclic) bond motifs is 1. The molecule has 0 bridgehead atoms. The summed E-state index contributed by atoms with van der Waals surface area (Å²) < 4.78 is 5.48. The molecule has 0 aliphatic rings. The summed E-state index contributed by atoms with van der Waals surface area (Å²) in [6, 6.07) is 3.35. The Morgan fingerprint density at radius 2 is 2.24 bits per heavy atom. The minimum atomic E-state index is -1.02. The molecule has 0 fully saturated rings. The van der Waals surface area contributed by atoms with Crippen molar-refractivity contribution in [1.29, 1.82) is 0 Å². The lowest BCUT2D eigenvalue weighted by Crippen LogP contribution is -1.94. The van der Waals surface area contributed by atoms with Crippen molar-refractivity contribution in [3.63, 3.8) is 0 Å². The smallest absolute Gasteiger partial charge is 0.352 e. The summed E-state index contributed by atoms with van der Waals surface area (Å²) in [6.45, 7) is 4.25. The second kappa shape index (κ2) is 4.30. The number of aromatic nitrogens is 1. The number of aromatic amines is 1. The van der Waals surface area contributed by atoms with Crippen LogP contribution >= 0.6 is 11.6 Å². The number of carboxylic acid groups (broad SMARTS) is 1. The fourth-order valence-electron chi connectivity index (χ4n) is 1.75. The maximum Gasteiger partial charge on any atom is 0.352 e. The van der Waals surface area contributed by atoms with E-state index in [4.69, 9.17) is 21.4 Å². The van der Waals surface area contributed by atoms with E-state index in [2.05, 4.69) is 4.98 Å². The van der Waals surface area contributed by atoms with E-state index in [1.165, 1.54) is 6.07 Å². The molecular formula is C12H12ClNO3. The van der Waals surface area contributed by atoms with Crippen molar-refractivity contribution >= 4 is 28.5 Å². The Kier molecular flexibility index (Phi) is 2.98. The Balaban J connectivity index is 2.74. The normalized spacial score (nSPS) is 10.8. The van der Waals surface area contributed by atoms with Gasteiger partial charge in [0, 0.05) is 5.39 Å². The topological polar surface area (TPSA) is 62.3 Å². The number of hydrogen-bond acceptors (Lipinski definition) is 2. The van der Waals surface area contributed by atoms with Crippen LogP contribution in [-0.4, -0.2) is 22.7 Å². The number of halogens is 1. The molecule has 0 spiro atoms. The highest BCUT2D eigenvalue weighted by molar-refractivity contribution is 6.36. The van der Waals surface area contributed by atoms with E-state index in [0.717, 1.165) is 5.56 Å². The standard InChI is InChI=1S/C12H12ClNO3/c1-3-17-9-4-6(2)10(13)11-7(9)5-8(14-11)12(15)16/h4-5,14H,3H2,1-2H3,(H,15,16). The Morgan fingerprint density at radius 3 is 2.82 bits per heavy atom. The maximum atomic E-state index is 10.9. The minimum Gasteiger partial charge on any atom is -0.493 e. The minimum absolute atomic E-state index is 0.105. The van der Waals surface area contributed by atoms with E-state index in [0.29, 0.717) is 28.3 Å². The van der Waals surface area contributed by atoms with E-state index in [1.807, 2.05) is 19.9 Å². The first-order valence-corrected chi connectivity index (χ1v) is 5.60. The fraction of sp³-hybridized carbons (Fsp3) is 0.250. The van der Waals surface area contributed by atoms with Gasteiger partial charge >= 0.3 is 5.97 Å². The van der Waals surface area contributed by atoms with Gasteiger partial charge in [0.1, 0.15) is 11.4 Å². The molecule has 2 rings (SSSR count). The Bertz CT molecular complexity index is 589. The highest BCUT2D eigenvalue weighted by atomic mass is 35.5. The average Bonchev–Trinajstić information content (AvgIpc) is 2.71. The van der Waals surface area contributed by atoms with Gasteiger partial charge in [-0.15, -0.1) is 0 Å². The summed E-state index contributed by atoms with van der Waals surface area (Å²) in [4.78, 5) is 13.7. The van der Waals surface area contributed by atoms with Crippen LogP contribution in [-0.2, 0) is 0 Å². The van der Waals surface area contributed by atoms with Crippen LogP contribution in [0, 0.1) is 6.92 Å². The van der Waals surface area contributed by atoms with Crippen molar-refractivity contribution in [2.45, 2.75) is 13.8 Å². The van der Waals surface area contributed by atoms with Crippen LogP contribution in [0.2, 0.25) is 5.02 Å². The fourth-order valence-corrected chi connectivity index (χ4v) is 1.95. The van der Waals surface area contributed by atoms with Crippen LogP contribution in [0.4, 0.5) is 0 Å². The SMILES string of the molecule is CCOc1cc(C)c(Cl)c2[nH]c(C(=O)O)cc12. The Hall–Kier alpha value is -1.68. The van der Waals surface area contributed by atoms with E-state index < -0.39 is 5.97 Å². The predicted molar refractivity (Wildman–Crippen MR) is 66.2 cm³/mol. The molecular weight excluding hydrogens is 242 g/mol. The van der Waals surface area contributed by atoms with Crippen molar-refractivity contribution < 1.29 is 14.6 Å². The highest BCUT2D eigenvalue weighted by Gasteiger charge is 2.15. The number of benzene rings is 1. The number of rotatable bonds is 3. The van der Waals surface area contributed by atoms with Gasteiger partial charge in [-0.1, -0.05) is 11.6 Å². The molecule has 1 heterocycles. The van der Waals surface area contributed by atoms with Crippen LogP contribution in [0.3, 0.4) is 0 Å². The van der Waals surface area contributed by atoms with Crippen molar-refractivity contribution in [2.24, 2.45) is 0 Å². The second-order valence-electron chi connectivity index (χ2n) is 3.72. The van der Waals surface area contributed by atoms with Gasteiger partial charge in [0.05, 0.1) is 17.1 Å². The Morgan fingerprint density at radius 1 is 1.53 bits per heavy atom. The monoisotopic (exact) mass is 253 g/mol. The number of hydrogen-bond donors (Lipinski definition) is 2. The van der Waals surface area contributed by atoms with Gasteiger partial charge in [-0.3, -0.25) is 0 Å². The zero-order chi connectivity index (χ0) is 12.6. The molecule has 0 aliphatic carbocycles. The molecule has 1 aromatic heterocycles. The van der Waals surface area contributed by atoms with Crippen LogP contribution in [0.5, 0.6) is 5.75 Å². The Labute approximate surface area is 103 Å². The zero-order valence-electron chi connectivity index (χ0n) is 9.50. The molecule has 5 heteroatoms. The number of H-pyrrole nitrogens is 1. The molecule has 0 saturated carbocycles. The number of aromatic carboxylic acids is 1. The van der Waals surface area contributed by atoms with Crippen molar-refractivity contribution in [1.82, 2.24) is 4.98 Å². The summed E-state index contributed by atoms with van der Waals surface area (Å²) >= 11 is 6.14. The van der Waals surface area contributed by atoms with Crippen LogP contribution in [0.25, 0.3) is 10.9 Å². The molecule has 0 atom stereocenters. The summed E-state index contributed by atoms with van der Waals surface area (Å²) in [7, 11) is 0. The van der Waals surface area contributed by atoms with Gasteiger partial charge in [0.2, 0.25) is 0 Å². The first-order valence-electron chi connectivity index (χ1n) is 5.22. The molecule has 1 aromatic carbocycles. The molecule has 2 aromatic rings. The van der Waals surface area contributed by atoms with E-state index in [-0.39, 0.29) is 5.69 Å². The molecule has 0 saturated heterocycles. The second-order valence-corrected chi connectivity index (χ2v) is 4.09. The number of aryl methyl sites for hydroxylation is 1. The lowest BCUT2D eigenvalue weighted by Gasteiger charge is -2.07. The summed E-state index contributed by atoms with van der Waals surface area (Å²) in [5.74, 6) is -0.370. The van der Waals surface area contributed by atoms with Gasteiger partial charge < -0.3 is 14.8 Å². The van der Waals surface area contributed by atoms with Crippen molar-refractivity contribution in [3.8, 4) is 5.75 Å². The molecule has 17 heavy (non-hydrogen) atoms. The number of ether oxygens (including phenoxy) is 1. The molecule has 0 amide bonds. The van der Waals surface area contributed by atoms with E-state index in [1.54, 1.807) is 0 Å². The predicted octanol–water partition coefficient (Wildman–Crippen LogP) is 3.23. The summed E-state index contributed by atoms with van der Waals surface area (Å²) in [6.07, 6.45) is 0.